The number of carbonyl (C=O) groups is 1. The average Bonchev–Trinajstić information content (AvgIpc) is 1.94. The van der Waals surface area contributed by atoms with Crippen LogP contribution >= 0.6 is 0 Å². The molecule has 0 aromatic carbocycles. The number of esters is 1. The van der Waals surface area contributed by atoms with Crippen molar-refractivity contribution >= 4 is 5.97 Å². The highest BCUT2D eigenvalue weighted by Crippen LogP contribution is 2.14. The van der Waals surface area contributed by atoms with E-state index in [-0.39, 0.29) is 24.3 Å². The number of hydrogen-bond acceptors (Lipinski definition) is 3. The third-order valence-corrected chi connectivity index (χ3v) is 1.77. The van der Waals surface area contributed by atoms with Crippen molar-refractivity contribution in [3.05, 3.63) is 12.2 Å². The van der Waals surface area contributed by atoms with Gasteiger partial charge >= 0.3 is 5.97 Å². The second-order valence-electron chi connectivity index (χ2n) is 3.01. The van der Waals surface area contributed by atoms with Crippen LogP contribution in [0.5, 0.6) is 0 Å². The highest BCUT2D eigenvalue weighted by molar-refractivity contribution is 5.66. The van der Waals surface area contributed by atoms with Crippen molar-refractivity contribution in [2.24, 2.45) is 0 Å². The summed E-state index contributed by atoms with van der Waals surface area (Å²) in [6, 6.07) is 0. The lowest BCUT2D eigenvalue weighted by molar-refractivity contribution is -0.152. The van der Waals surface area contributed by atoms with Crippen LogP contribution in [0.3, 0.4) is 0 Å². The van der Waals surface area contributed by atoms with E-state index in [1.165, 1.54) is 6.92 Å². The van der Waals surface area contributed by atoms with Crippen molar-refractivity contribution in [2.45, 2.75) is 39.1 Å². The van der Waals surface area contributed by atoms with E-state index in [0.717, 1.165) is 0 Å². The molecule has 0 fully saturated rings. The minimum Gasteiger partial charge on any atom is -0.456 e. The summed E-state index contributed by atoms with van der Waals surface area (Å²) < 4.78 is 10.4. The first-order valence-corrected chi connectivity index (χ1v) is 4.10. The monoisotopic (exact) mass is 170 g/mol. The van der Waals surface area contributed by atoms with Crippen molar-refractivity contribution in [3.63, 3.8) is 0 Å². The molecular formula is C9H14O3. The minimum absolute atomic E-state index is 0.0473. The Bertz CT molecular complexity index is 198. The number of hydrogen-bond donors (Lipinski definition) is 0. The number of ether oxygens (including phenoxy) is 2. The quantitative estimate of drug-likeness (QED) is 0.439. The zero-order chi connectivity index (χ0) is 9.14. The van der Waals surface area contributed by atoms with Gasteiger partial charge in [-0.05, 0) is 19.9 Å². The highest BCUT2D eigenvalue weighted by atomic mass is 16.6. The summed E-state index contributed by atoms with van der Waals surface area (Å²) in [6.07, 6.45) is 3.62. The van der Waals surface area contributed by atoms with Crippen molar-refractivity contribution in [2.75, 3.05) is 0 Å². The Hall–Kier alpha value is -0.830. The molecule has 0 aromatic rings. The van der Waals surface area contributed by atoms with E-state index in [0.29, 0.717) is 0 Å². The predicted octanol–water partition coefficient (Wildman–Crippen LogP) is 1.28. The summed E-state index contributed by atoms with van der Waals surface area (Å²) in [5, 5.41) is 0. The highest BCUT2D eigenvalue weighted by Gasteiger charge is 2.23. The Morgan fingerprint density at radius 2 is 2.08 bits per heavy atom. The molecule has 3 nitrogen and oxygen atoms in total. The lowest BCUT2D eigenvalue weighted by Gasteiger charge is -2.27. The molecule has 68 valence electrons. The van der Waals surface area contributed by atoms with Crippen LogP contribution in [-0.2, 0) is 14.3 Å². The molecule has 12 heavy (non-hydrogen) atoms. The first kappa shape index (κ1) is 9.26. The molecular weight excluding hydrogens is 156 g/mol. The van der Waals surface area contributed by atoms with Crippen molar-refractivity contribution in [1.82, 2.24) is 0 Å². The van der Waals surface area contributed by atoms with Crippen LogP contribution in [0.2, 0.25) is 0 Å². The van der Waals surface area contributed by atoms with Gasteiger partial charge in [0.05, 0.1) is 12.2 Å². The summed E-state index contributed by atoms with van der Waals surface area (Å²) >= 11 is 0. The molecule has 0 amide bonds. The van der Waals surface area contributed by atoms with E-state index < -0.39 is 0 Å². The number of rotatable bonds is 1. The Labute approximate surface area is 72.4 Å². The SMILES string of the molecule is CC(=O)O[C@@H]1C=CC(C)OC1C. The van der Waals surface area contributed by atoms with Crippen LogP contribution in [0, 0.1) is 0 Å². The van der Waals surface area contributed by atoms with Gasteiger partial charge < -0.3 is 9.47 Å². The van der Waals surface area contributed by atoms with E-state index in [9.17, 15) is 4.79 Å². The van der Waals surface area contributed by atoms with Gasteiger partial charge in [-0.3, -0.25) is 4.79 Å². The third kappa shape index (κ3) is 2.34. The van der Waals surface area contributed by atoms with Gasteiger partial charge in [0.25, 0.3) is 0 Å². The fourth-order valence-corrected chi connectivity index (χ4v) is 1.21. The van der Waals surface area contributed by atoms with Gasteiger partial charge in [0.2, 0.25) is 0 Å². The van der Waals surface area contributed by atoms with Gasteiger partial charge in [-0.25, -0.2) is 0 Å². The fraction of sp³-hybridized carbons (Fsp3) is 0.667. The van der Waals surface area contributed by atoms with Gasteiger partial charge in [-0.2, -0.15) is 0 Å². The molecule has 1 rings (SSSR count). The third-order valence-electron chi connectivity index (χ3n) is 1.77. The van der Waals surface area contributed by atoms with Gasteiger partial charge in [0.1, 0.15) is 6.10 Å². The minimum atomic E-state index is -0.269. The second-order valence-corrected chi connectivity index (χ2v) is 3.01. The molecule has 0 radical (unpaired) electrons. The summed E-state index contributed by atoms with van der Waals surface area (Å²) in [4.78, 5) is 10.6. The lowest BCUT2D eigenvalue weighted by atomic mass is 10.1. The Morgan fingerprint density at radius 1 is 1.42 bits per heavy atom. The largest absolute Gasteiger partial charge is 0.456 e. The van der Waals surface area contributed by atoms with Gasteiger partial charge in [0, 0.05) is 6.92 Å². The van der Waals surface area contributed by atoms with Crippen LogP contribution in [0.4, 0.5) is 0 Å². The normalized spacial score (nSPS) is 34.8. The lowest BCUT2D eigenvalue weighted by Crippen LogP contribution is -2.34. The Morgan fingerprint density at radius 3 is 2.58 bits per heavy atom. The summed E-state index contributed by atoms with van der Waals surface area (Å²) in [6.45, 7) is 5.25. The summed E-state index contributed by atoms with van der Waals surface area (Å²) in [7, 11) is 0. The van der Waals surface area contributed by atoms with Crippen LogP contribution < -0.4 is 0 Å². The van der Waals surface area contributed by atoms with E-state index in [1.54, 1.807) is 0 Å². The van der Waals surface area contributed by atoms with Crippen molar-refractivity contribution in [3.8, 4) is 0 Å². The maximum absolute atomic E-state index is 10.6. The van der Waals surface area contributed by atoms with Crippen LogP contribution in [-0.4, -0.2) is 24.3 Å². The number of carbonyl (C=O) groups excluding carboxylic acids is 1. The molecule has 0 spiro atoms. The van der Waals surface area contributed by atoms with E-state index >= 15 is 0 Å². The van der Waals surface area contributed by atoms with E-state index in [4.69, 9.17) is 9.47 Å². The zero-order valence-electron chi connectivity index (χ0n) is 7.61. The van der Waals surface area contributed by atoms with Gasteiger partial charge in [0.15, 0.2) is 0 Å². The second kappa shape index (κ2) is 3.72. The molecule has 3 atom stereocenters. The molecule has 0 bridgehead atoms. The molecule has 1 aliphatic rings. The fourth-order valence-electron chi connectivity index (χ4n) is 1.21. The van der Waals surface area contributed by atoms with Crippen molar-refractivity contribution in [1.29, 1.82) is 0 Å². The molecule has 0 aliphatic carbocycles. The molecule has 1 heterocycles. The Balaban J connectivity index is 2.54. The molecule has 0 aromatic heterocycles. The first-order valence-electron chi connectivity index (χ1n) is 4.10. The van der Waals surface area contributed by atoms with Crippen LogP contribution in [0.15, 0.2) is 12.2 Å². The maximum Gasteiger partial charge on any atom is 0.303 e. The smallest absolute Gasteiger partial charge is 0.303 e. The molecule has 2 unspecified atom stereocenters. The first-order chi connectivity index (χ1) is 5.59. The molecule has 0 saturated carbocycles. The van der Waals surface area contributed by atoms with E-state index in [2.05, 4.69) is 0 Å². The van der Waals surface area contributed by atoms with Crippen LogP contribution in [0.25, 0.3) is 0 Å². The Kier molecular flexibility index (Phi) is 2.87. The molecule has 1 aliphatic heterocycles. The average molecular weight is 170 g/mol. The van der Waals surface area contributed by atoms with Crippen LogP contribution in [0.1, 0.15) is 20.8 Å². The maximum atomic E-state index is 10.6. The van der Waals surface area contributed by atoms with Gasteiger partial charge in [-0.15, -0.1) is 0 Å². The van der Waals surface area contributed by atoms with E-state index in [1.807, 2.05) is 26.0 Å². The zero-order valence-corrected chi connectivity index (χ0v) is 7.61. The van der Waals surface area contributed by atoms with Crippen molar-refractivity contribution < 1.29 is 14.3 Å². The molecule has 3 heteroatoms. The summed E-state index contributed by atoms with van der Waals surface area (Å²) in [5.41, 5.74) is 0. The topological polar surface area (TPSA) is 35.5 Å². The summed E-state index contributed by atoms with van der Waals surface area (Å²) in [5.74, 6) is -0.269. The standard InChI is InChI=1S/C9H14O3/c1-6-4-5-9(7(2)11-6)12-8(3)10/h4-7,9H,1-3H3/t6?,7?,9-/m1/s1. The van der Waals surface area contributed by atoms with Gasteiger partial charge in [-0.1, -0.05) is 6.08 Å². The molecule has 0 N–H and O–H groups in total. The molecule has 0 saturated heterocycles. The predicted molar refractivity (Wildman–Crippen MR) is 44.7 cm³/mol.